The van der Waals surface area contributed by atoms with Crippen molar-refractivity contribution in [1.82, 2.24) is 4.90 Å². The largest absolute Gasteiger partial charge is 0.346 e. The Kier molecular flexibility index (Phi) is 10.3. The first-order chi connectivity index (χ1) is 5.35. The molecule has 0 aromatic carbocycles. The summed E-state index contributed by atoms with van der Waals surface area (Å²) in [5.74, 6) is 0. The van der Waals surface area contributed by atoms with Crippen LogP contribution in [0.1, 0.15) is 13.8 Å². The summed E-state index contributed by atoms with van der Waals surface area (Å²) in [5, 5.41) is -3.22. The van der Waals surface area contributed by atoms with Gasteiger partial charge < -0.3 is 4.90 Å². The molecule has 0 spiro atoms. The van der Waals surface area contributed by atoms with Crippen molar-refractivity contribution in [3.63, 3.8) is 0 Å². The molecular weight excluding hydrogens is 243 g/mol. The number of halogens is 3. The van der Waals surface area contributed by atoms with E-state index in [1.54, 1.807) is 4.90 Å². The Morgan fingerprint density at radius 3 is 1.50 bits per heavy atom. The van der Waals surface area contributed by atoms with Crippen molar-refractivity contribution in [2.24, 2.45) is 0 Å². The molecule has 0 bridgehead atoms. The van der Waals surface area contributed by atoms with Gasteiger partial charge in [0.25, 0.3) is 0 Å². The number of carbonyl (C=O) groups is 1. The Hall–Kier alpha value is 0.570. The molecule has 0 atom stereocenters. The molecule has 0 heterocycles. The van der Waals surface area contributed by atoms with Gasteiger partial charge in [0.15, 0.2) is 0 Å². The third kappa shape index (κ3) is 22.4. The SMILES string of the molecule is CCN(C=O)CC.O=P(Cl)(Cl)Cl. The first kappa shape index (κ1) is 15.1. The van der Waals surface area contributed by atoms with Crippen LogP contribution in [-0.4, -0.2) is 24.4 Å². The number of carbonyl (C=O) groups excluding carboxylic acids is 1. The smallest absolute Gasteiger partial charge is 0.339 e. The molecule has 0 aromatic rings. The van der Waals surface area contributed by atoms with Crippen LogP contribution in [-0.2, 0) is 9.36 Å². The maximum atomic E-state index is 9.89. The van der Waals surface area contributed by atoms with Crippen LogP contribution in [0.25, 0.3) is 0 Å². The standard InChI is InChI=1S/C5H11NO.Cl3OP/c1-3-6(4-2)5-7;1-5(2,3)4/h5H,3-4H2,1-2H3;. The van der Waals surface area contributed by atoms with Crippen LogP contribution in [0.3, 0.4) is 0 Å². The average Bonchev–Trinajstić information content (AvgIpc) is 1.88. The Balaban J connectivity index is 0. The fraction of sp³-hybridized carbons (Fsp3) is 0.800. The summed E-state index contributed by atoms with van der Waals surface area (Å²) in [6.07, 6.45) is 0.861. The summed E-state index contributed by atoms with van der Waals surface area (Å²) in [4.78, 5) is 11.6. The van der Waals surface area contributed by atoms with Gasteiger partial charge in [-0.2, -0.15) is 0 Å². The molecule has 7 heteroatoms. The van der Waals surface area contributed by atoms with Gasteiger partial charge in [-0.15, -0.1) is 0 Å². The van der Waals surface area contributed by atoms with Crippen molar-refractivity contribution in [1.29, 1.82) is 0 Å². The molecule has 0 fully saturated rings. The molecule has 74 valence electrons. The van der Waals surface area contributed by atoms with Gasteiger partial charge in [-0.05, 0) is 47.6 Å². The highest BCUT2D eigenvalue weighted by Crippen LogP contribution is 2.61. The average molecular weight is 254 g/mol. The predicted octanol–water partition coefficient (Wildman–Crippen LogP) is 3.30. The minimum Gasteiger partial charge on any atom is -0.346 e. The fourth-order valence-corrected chi connectivity index (χ4v) is 0.373. The van der Waals surface area contributed by atoms with E-state index >= 15 is 0 Å². The van der Waals surface area contributed by atoms with E-state index < -0.39 is 5.20 Å². The van der Waals surface area contributed by atoms with Crippen molar-refractivity contribution in [3.8, 4) is 0 Å². The van der Waals surface area contributed by atoms with E-state index in [2.05, 4.69) is 33.7 Å². The number of rotatable bonds is 3. The minimum absolute atomic E-state index is 0.819. The maximum absolute atomic E-state index is 9.89. The number of hydrogen-bond acceptors (Lipinski definition) is 2. The second-order valence-electron chi connectivity index (χ2n) is 1.73. The zero-order chi connectivity index (χ0) is 10.2. The first-order valence-corrected chi connectivity index (χ1v) is 7.65. The van der Waals surface area contributed by atoms with Gasteiger partial charge >= 0.3 is 5.20 Å². The molecule has 1 amide bonds. The lowest BCUT2D eigenvalue weighted by Crippen LogP contribution is -2.19. The van der Waals surface area contributed by atoms with E-state index in [0.717, 1.165) is 19.5 Å². The van der Waals surface area contributed by atoms with Crippen LogP contribution in [0.15, 0.2) is 0 Å². The first-order valence-electron chi connectivity index (χ1n) is 3.23. The van der Waals surface area contributed by atoms with Crippen LogP contribution in [0.5, 0.6) is 0 Å². The van der Waals surface area contributed by atoms with E-state index in [9.17, 15) is 9.36 Å². The van der Waals surface area contributed by atoms with Crippen LogP contribution in [0, 0.1) is 0 Å². The lowest BCUT2D eigenvalue weighted by Gasteiger charge is -2.08. The number of hydrogen-bond donors (Lipinski definition) is 0. The van der Waals surface area contributed by atoms with Gasteiger partial charge in [-0.25, -0.2) is 0 Å². The zero-order valence-electron chi connectivity index (χ0n) is 6.84. The summed E-state index contributed by atoms with van der Waals surface area (Å²) in [6, 6.07) is 0. The summed E-state index contributed by atoms with van der Waals surface area (Å²) in [5.41, 5.74) is 0. The molecule has 0 aromatic heterocycles. The highest BCUT2D eigenvalue weighted by molar-refractivity contribution is 8.24. The van der Waals surface area contributed by atoms with Gasteiger partial charge in [0.2, 0.25) is 6.41 Å². The normalized spacial score (nSPS) is 9.75. The van der Waals surface area contributed by atoms with Gasteiger partial charge in [-0.1, -0.05) is 0 Å². The number of amides is 1. The molecule has 3 nitrogen and oxygen atoms in total. The molecular formula is C5H11Cl3NO2P. The van der Waals surface area contributed by atoms with E-state index in [0.29, 0.717) is 0 Å². The summed E-state index contributed by atoms with van der Waals surface area (Å²) in [6.45, 7) is 5.55. The van der Waals surface area contributed by atoms with Crippen molar-refractivity contribution in [2.45, 2.75) is 13.8 Å². The van der Waals surface area contributed by atoms with E-state index in [4.69, 9.17) is 0 Å². The molecule has 0 saturated heterocycles. The summed E-state index contributed by atoms with van der Waals surface area (Å²) < 4.78 is 9.51. The Morgan fingerprint density at radius 1 is 1.25 bits per heavy atom. The zero-order valence-corrected chi connectivity index (χ0v) is 10.00. The van der Waals surface area contributed by atoms with Gasteiger partial charge in [-0.3, -0.25) is 9.36 Å². The Bertz CT molecular complexity index is 149. The van der Waals surface area contributed by atoms with Crippen LogP contribution >= 0.6 is 38.9 Å². The Morgan fingerprint density at radius 2 is 1.50 bits per heavy atom. The second kappa shape index (κ2) is 8.18. The van der Waals surface area contributed by atoms with Crippen LogP contribution < -0.4 is 0 Å². The summed E-state index contributed by atoms with van der Waals surface area (Å²) >= 11 is 13.8. The predicted molar refractivity (Wildman–Crippen MR) is 54.2 cm³/mol. The van der Waals surface area contributed by atoms with Gasteiger partial charge in [0, 0.05) is 13.1 Å². The van der Waals surface area contributed by atoms with E-state index in [1.165, 1.54) is 0 Å². The second-order valence-corrected chi connectivity index (χ2v) is 8.36. The molecule has 0 unspecified atom stereocenters. The molecule has 0 N–H and O–H groups in total. The van der Waals surface area contributed by atoms with E-state index in [1.807, 2.05) is 13.8 Å². The van der Waals surface area contributed by atoms with Crippen LogP contribution in [0.4, 0.5) is 0 Å². The monoisotopic (exact) mass is 253 g/mol. The summed E-state index contributed by atoms with van der Waals surface area (Å²) in [7, 11) is 0. The Labute approximate surface area is 86.7 Å². The lowest BCUT2D eigenvalue weighted by atomic mass is 10.6. The lowest BCUT2D eigenvalue weighted by molar-refractivity contribution is -0.117. The molecule has 0 aliphatic heterocycles. The molecule has 0 aliphatic rings. The van der Waals surface area contributed by atoms with Crippen molar-refractivity contribution < 1.29 is 9.36 Å². The van der Waals surface area contributed by atoms with Gasteiger partial charge in [0.05, 0.1) is 0 Å². The van der Waals surface area contributed by atoms with Gasteiger partial charge in [0.1, 0.15) is 0 Å². The molecule has 0 saturated carbocycles. The molecule has 12 heavy (non-hydrogen) atoms. The number of nitrogens with zero attached hydrogens (tertiary/aromatic N) is 1. The highest BCUT2D eigenvalue weighted by atomic mass is 36.0. The van der Waals surface area contributed by atoms with Crippen molar-refractivity contribution in [3.05, 3.63) is 0 Å². The third-order valence-electron chi connectivity index (χ3n) is 0.961. The van der Waals surface area contributed by atoms with Crippen molar-refractivity contribution in [2.75, 3.05) is 13.1 Å². The topological polar surface area (TPSA) is 37.4 Å². The fourth-order valence-electron chi connectivity index (χ4n) is 0.373. The molecule has 0 rings (SSSR count). The van der Waals surface area contributed by atoms with E-state index in [-0.39, 0.29) is 0 Å². The maximum Gasteiger partial charge on any atom is 0.339 e. The highest BCUT2D eigenvalue weighted by Gasteiger charge is 2.02. The quantitative estimate of drug-likeness (QED) is 0.572. The molecule has 0 aliphatic carbocycles. The molecule has 0 radical (unpaired) electrons. The minimum atomic E-state index is -3.22. The van der Waals surface area contributed by atoms with Crippen LogP contribution in [0.2, 0.25) is 0 Å². The third-order valence-corrected chi connectivity index (χ3v) is 0.961. The van der Waals surface area contributed by atoms with Crippen molar-refractivity contribution >= 4 is 45.3 Å².